The molecule has 1 atom stereocenters. The van der Waals surface area contributed by atoms with Gasteiger partial charge in [-0.25, -0.2) is 0 Å². The van der Waals surface area contributed by atoms with Crippen molar-refractivity contribution in [2.24, 2.45) is 0 Å². The fraction of sp³-hybridized carbons (Fsp3) is 0.231. The summed E-state index contributed by atoms with van der Waals surface area (Å²) in [5, 5.41) is 3.45. The standard InChI is InChI=1S/C26H25ClN2O6/c1-15-26(31)29(14-16-6-5-7-18(27)10-16)20-13-19(8-9-21(20)35-15)28-25(30)17-11-22(32-2)24(34-4)23(12-17)33-3/h5-13,15H,14H2,1-4H3,(H,28,30). The van der Waals surface area contributed by atoms with Crippen LogP contribution >= 0.6 is 11.6 Å². The van der Waals surface area contributed by atoms with Crippen molar-refractivity contribution in [3.63, 3.8) is 0 Å². The van der Waals surface area contributed by atoms with Crippen molar-refractivity contribution in [1.82, 2.24) is 0 Å². The van der Waals surface area contributed by atoms with Crippen LogP contribution in [0.25, 0.3) is 0 Å². The van der Waals surface area contributed by atoms with Crippen LogP contribution < -0.4 is 29.2 Å². The van der Waals surface area contributed by atoms with Crippen LogP contribution in [-0.4, -0.2) is 39.2 Å². The van der Waals surface area contributed by atoms with Crippen molar-refractivity contribution in [3.8, 4) is 23.0 Å². The summed E-state index contributed by atoms with van der Waals surface area (Å²) in [6, 6.07) is 15.6. The second kappa shape index (κ2) is 10.1. The lowest BCUT2D eigenvalue weighted by molar-refractivity contribution is -0.125. The van der Waals surface area contributed by atoms with Gasteiger partial charge in [0.05, 0.1) is 33.6 Å². The lowest BCUT2D eigenvalue weighted by atomic mass is 10.1. The quantitative estimate of drug-likeness (QED) is 0.499. The van der Waals surface area contributed by atoms with E-state index >= 15 is 0 Å². The molecule has 0 saturated heterocycles. The molecule has 0 radical (unpaired) electrons. The van der Waals surface area contributed by atoms with Gasteiger partial charge >= 0.3 is 0 Å². The number of nitrogens with zero attached hydrogens (tertiary/aromatic N) is 1. The molecule has 3 aromatic carbocycles. The SMILES string of the molecule is COc1cc(C(=O)Nc2ccc3c(c2)N(Cc2cccc(Cl)c2)C(=O)C(C)O3)cc(OC)c1OC. The summed E-state index contributed by atoms with van der Waals surface area (Å²) in [5.74, 6) is 1.09. The largest absolute Gasteiger partial charge is 0.493 e. The summed E-state index contributed by atoms with van der Waals surface area (Å²) in [6.07, 6.45) is -0.638. The highest BCUT2D eigenvalue weighted by Gasteiger charge is 2.32. The van der Waals surface area contributed by atoms with E-state index in [-0.39, 0.29) is 11.8 Å². The second-order valence-electron chi connectivity index (χ2n) is 7.87. The van der Waals surface area contributed by atoms with Crippen LogP contribution in [-0.2, 0) is 11.3 Å². The molecule has 9 heteroatoms. The van der Waals surface area contributed by atoms with Crippen LogP contribution in [0.4, 0.5) is 11.4 Å². The smallest absolute Gasteiger partial charge is 0.268 e. The molecule has 1 aliphatic rings. The summed E-state index contributed by atoms with van der Waals surface area (Å²) in [4.78, 5) is 27.7. The fourth-order valence-electron chi connectivity index (χ4n) is 3.88. The van der Waals surface area contributed by atoms with E-state index < -0.39 is 6.10 Å². The lowest BCUT2D eigenvalue weighted by Crippen LogP contribution is -2.44. The maximum absolute atomic E-state index is 13.1. The molecular weight excluding hydrogens is 472 g/mol. The van der Waals surface area contributed by atoms with Crippen molar-refractivity contribution in [2.45, 2.75) is 19.6 Å². The van der Waals surface area contributed by atoms with Crippen LogP contribution in [0.3, 0.4) is 0 Å². The Kier molecular flexibility index (Phi) is 7.02. The Labute approximate surface area is 208 Å². The predicted molar refractivity (Wildman–Crippen MR) is 133 cm³/mol. The van der Waals surface area contributed by atoms with Gasteiger partial charge in [0, 0.05) is 16.3 Å². The molecular formula is C26H25ClN2O6. The van der Waals surface area contributed by atoms with Crippen molar-refractivity contribution in [1.29, 1.82) is 0 Å². The van der Waals surface area contributed by atoms with Crippen molar-refractivity contribution in [3.05, 3.63) is 70.7 Å². The zero-order valence-electron chi connectivity index (χ0n) is 19.8. The highest BCUT2D eigenvalue weighted by Crippen LogP contribution is 2.39. The van der Waals surface area contributed by atoms with E-state index in [1.165, 1.54) is 21.3 Å². The first-order chi connectivity index (χ1) is 16.8. The van der Waals surface area contributed by atoms with E-state index in [1.54, 1.807) is 48.2 Å². The van der Waals surface area contributed by atoms with Gasteiger partial charge in [0.2, 0.25) is 5.75 Å². The minimum atomic E-state index is -0.638. The number of rotatable bonds is 7. The van der Waals surface area contributed by atoms with Gasteiger partial charge in [0.1, 0.15) is 5.75 Å². The van der Waals surface area contributed by atoms with Crippen molar-refractivity contribution in [2.75, 3.05) is 31.5 Å². The average Bonchev–Trinajstić information content (AvgIpc) is 2.86. The monoisotopic (exact) mass is 496 g/mol. The number of halogens is 1. The molecule has 8 nitrogen and oxygen atoms in total. The van der Waals surface area contributed by atoms with Gasteiger partial charge in [-0.2, -0.15) is 0 Å². The predicted octanol–water partition coefficient (Wildman–Crippen LogP) is 4.93. The number of anilines is 2. The van der Waals surface area contributed by atoms with E-state index in [0.29, 0.717) is 51.5 Å². The zero-order valence-corrected chi connectivity index (χ0v) is 20.5. The third-order valence-electron chi connectivity index (χ3n) is 5.58. The van der Waals surface area contributed by atoms with E-state index in [1.807, 2.05) is 18.2 Å². The topological polar surface area (TPSA) is 86.3 Å². The Morgan fingerprint density at radius 1 is 1.03 bits per heavy atom. The van der Waals surface area contributed by atoms with Crippen LogP contribution in [0.1, 0.15) is 22.8 Å². The minimum Gasteiger partial charge on any atom is -0.493 e. The molecule has 1 unspecified atom stereocenters. The zero-order chi connectivity index (χ0) is 25.1. The molecule has 182 valence electrons. The van der Waals surface area contributed by atoms with Crippen molar-refractivity contribution >= 4 is 34.8 Å². The Bertz CT molecular complexity index is 1250. The number of nitrogens with one attached hydrogen (secondary N) is 1. The number of ether oxygens (including phenoxy) is 4. The first-order valence-electron chi connectivity index (χ1n) is 10.8. The van der Waals surface area contributed by atoms with Gasteiger partial charge in [0.15, 0.2) is 17.6 Å². The average molecular weight is 497 g/mol. The van der Waals surface area contributed by atoms with Crippen LogP contribution in [0.5, 0.6) is 23.0 Å². The van der Waals surface area contributed by atoms with Crippen LogP contribution in [0.2, 0.25) is 5.02 Å². The fourth-order valence-corrected chi connectivity index (χ4v) is 4.09. The molecule has 1 aliphatic heterocycles. The maximum atomic E-state index is 13.1. The van der Waals surface area contributed by atoms with E-state index in [0.717, 1.165) is 5.56 Å². The minimum absolute atomic E-state index is 0.189. The number of hydrogen-bond donors (Lipinski definition) is 1. The van der Waals surface area contributed by atoms with Crippen molar-refractivity contribution < 1.29 is 28.5 Å². The Morgan fingerprint density at radius 2 is 1.74 bits per heavy atom. The lowest BCUT2D eigenvalue weighted by Gasteiger charge is -2.33. The Morgan fingerprint density at radius 3 is 2.37 bits per heavy atom. The molecule has 0 aliphatic carbocycles. The number of carbonyl (C=O) groups is 2. The van der Waals surface area contributed by atoms with Crippen LogP contribution in [0.15, 0.2) is 54.6 Å². The first-order valence-corrected chi connectivity index (χ1v) is 11.2. The number of benzene rings is 3. The second-order valence-corrected chi connectivity index (χ2v) is 8.30. The van der Waals surface area contributed by atoms with E-state index in [4.69, 9.17) is 30.5 Å². The number of methoxy groups -OCH3 is 3. The summed E-state index contributed by atoms with van der Waals surface area (Å²) < 4.78 is 21.8. The number of carbonyl (C=O) groups excluding carboxylic acids is 2. The molecule has 0 fully saturated rings. The Balaban J connectivity index is 1.64. The first kappa shape index (κ1) is 24.2. The van der Waals surface area contributed by atoms with E-state index in [2.05, 4.69) is 5.32 Å². The number of fused-ring (bicyclic) bond motifs is 1. The van der Waals surface area contributed by atoms with Gasteiger partial charge in [-0.05, 0) is 55.0 Å². The molecule has 0 aromatic heterocycles. The number of hydrogen-bond acceptors (Lipinski definition) is 6. The maximum Gasteiger partial charge on any atom is 0.268 e. The number of amides is 2. The molecule has 35 heavy (non-hydrogen) atoms. The van der Waals surface area contributed by atoms with Gasteiger partial charge in [0.25, 0.3) is 11.8 Å². The summed E-state index contributed by atoms with van der Waals surface area (Å²) >= 11 is 6.13. The molecule has 2 amide bonds. The van der Waals surface area contributed by atoms with Gasteiger partial charge in [-0.1, -0.05) is 23.7 Å². The van der Waals surface area contributed by atoms with Gasteiger partial charge < -0.3 is 29.2 Å². The molecule has 4 rings (SSSR count). The summed E-state index contributed by atoms with van der Waals surface area (Å²) in [6.45, 7) is 2.01. The normalized spacial score (nSPS) is 14.6. The molecule has 1 N–H and O–H groups in total. The molecule has 1 heterocycles. The third kappa shape index (κ3) is 4.97. The Hall–Kier alpha value is -3.91. The highest BCUT2D eigenvalue weighted by atomic mass is 35.5. The molecule has 0 spiro atoms. The summed E-state index contributed by atoms with van der Waals surface area (Å²) in [5.41, 5.74) is 2.23. The van der Waals surface area contributed by atoms with Crippen LogP contribution in [0, 0.1) is 0 Å². The molecule has 0 saturated carbocycles. The van der Waals surface area contributed by atoms with Gasteiger partial charge in [-0.3, -0.25) is 9.59 Å². The third-order valence-corrected chi connectivity index (χ3v) is 5.82. The summed E-state index contributed by atoms with van der Waals surface area (Å²) in [7, 11) is 4.45. The van der Waals surface area contributed by atoms with E-state index in [9.17, 15) is 9.59 Å². The van der Waals surface area contributed by atoms with Gasteiger partial charge in [-0.15, -0.1) is 0 Å². The highest BCUT2D eigenvalue weighted by molar-refractivity contribution is 6.30. The molecule has 3 aromatic rings. The molecule has 0 bridgehead atoms.